The van der Waals surface area contributed by atoms with Gasteiger partial charge in [0.25, 0.3) is 0 Å². The standard InChI is InChI=1S/C28H35FN2O4/c1-2-35-27(32)28(25(20-31(33)34)22-8-4-3-5-9-22)16-18-30(19-17-28)26-11-7-6-10-24(26)21-12-14-23(29)15-13-21/h3-5,8-9,12-15,24-26H,2,6-7,10-11,16-20H2,1H3. The Hall–Kier alpha value is -2.80. The van der Waals surface area contributed by atoms with Crippen molar-refractivity contribution in [3.05, 3.63) is 81.7 Å². The van der Waals surface area contributed by atoms with Crippen LogP contribution in [0.25, 0.3) is 0 Å². The molecule has 0 bridgehead atoms. The quantitative estimate of drug-likeness (QED) is 0.280. The Kier molecular flexibility index (Phi) is 8.16. The smallest absolute Gasteiger partial charge is 0.313 e. The molecule has 0 N–H and O–H groups in total. The Morgan fingerprint density at radius 2 is 1.77 bits per heavy atom. The lowest BCUT2D eigenvalue weighted by Crippen LogP contribution is -2.53. The third-order valence-electron chi connectivity index (χ3n) is 8.07. The van der Waals surface area contributed by atoms with Gasteiger partial charge in [0, 0.05) is 11.0 Å². The van der Waals surface area contributed by atoms with Crippen LogP contribution in [0.15, 0.2) is 54.6 Å². The Morgan fingerprint density at radius 3 is 2.40 bits per heavy atom. The normalized spacial score (nSPS) is 23.4. The second-order valence-electron chi connectivity index (χ2n) is 9.90. The molecule has 1 aliphatic carbocycles. The molecular formula is C28H35FN2O4. The molecule has 2 fully saturated rings. The van der Waals surface area contributed by atoms with E-state index in [1.165, 1.54) is 12.1 Å². The van der Waals surface area contributed by atoms with E-state index in [0.29, 0.717) is 37.9 Å². The van der Waals surface area contributed by atoms with Crippen LogP contribution in [0, 0.1) is 21.3 Å². The van der Waals surface area contributed by atoms with Crippen molar-refractivity contribution in [3.8, 4) is 0 Å². The van der Waals surface area contributed by atoms with Crippen molar-refractivity contribution in [2.45, 2.75) is 63.3 Å². The van der Waals surface area contributed by atoms with E-state index in [1.807, 2.05) is 42.5 Å². The average Bonchev–Trinajstić information content (AvgIpc) is 2.88. The lowest BCUT2D eigenvalue weighted by Gasteiger charge is -2.48. The van der Waals surface area contributed by atoms with Gasteiger partial charge >= 0.3 is 5.97 Å². The monoisotopic (exact) mass is 482 g/mol. The molecule has 2 aromatic carbocycles. The van der Waals surface area contributed by atoms with Crippen molar-refractivity contribution in [1.29, 1.82) is 0 Å². The van der Waals surface area contributed by atoms with E-state index in [4.69, 9.17) is 4.74 Å². The average molecular weight is 483 g/mol. The summed E-state index contributed by atoms with van der Waals surface area (Å²) < 4.78 is 19.1. The highest BCUT2D eigenvalue weighted by Crippen LogP contribution is 2.48. The molecule has 3 atom stereocenters. The fourth-order valence-electron chi connectivity index (χ4n) is 6.31. The van der Waals surface area contributed by atoms with Crippen molar-refractivity contribution < 1.29 is 18.8 Å². The van der Waals surface area contributed by atoms with Crippen LogP contribution >= 0.6 is 0 Å². The summed E-state index contributed by atoms with van der Waals surface area (Å²) in [5, 5.41) is 11.7. The van der Waals surface area contributed by atoms with E-state index in [-0.39, 0.29) is 29.9 Å². The zero-order valence-corrected chi connectivity index (χ0v) is 20.4. The second kappa shape index (κ2) is 11.3. The van der Waals surface area contributed by atoms with Gasteiger partial charge in [-0.25, -0.2) is 4.39 Å². The second-order valence-corrected chi connectivity index (χ2v) is 9.90. The number of likely N-dealkylation sites (tertiary alicyclic amines) is 1. The van der Waals surface area contributed by atoms with Crippen LogP contribution in [0.1, 0.15) is 68.4 Å². The Labute approximate surface area is 206 Å². The number of rotatable bonds is 8. The van der Waals surface area contributed by atoms with Crippen LogP contribution in [0.3, 0.4) is 0 Å². The topological polar surface area (TPSA) is 72.7 Å². The van der Waals surface area contributed by atoms with Gasteiger partial charge in [-0.2, -0.15) is 0 Å². The maximum atomic E-state index is 13.5. The van der Waals surface area contributed by atoms with Crippen LogP contribution in [0.2, 0.25) is 0 Å². The van der Waals surface area contributed by atoms with E-state index in [0.717, 1.165) is 36.8 Å². The van der Waals surface area contributed by atoms with Gasteiger partial charge in [0.2, 0.25) is 6.54 Å². The molecule has 0 radical (unpaired) electrons. The molecule has 1 saturated heterocycles. The third kappa shape index (κ3) is 5.56. The summed E-state index contributed by atoms with van der Waals surface area (Å²) in [5.74, 6) is -0.771. The zero-order chi connectivity index (χ0) is 24.8. The van der Waals surface area contributed by atoms with Crippen molar-refractivity contribution in [2.24, 2.45) is 5.41 Å². The van der Waals surface area contributed by atoms with Gasteiger partial charge in [0.15, 0.2) is 0 Å². The fraction of sp³-hybridized carbons (Fsp3) is 0.536. The molecule has 188 valence electrons. The first-order valence-electron chi connectivity index (χ1n) is 12.8. The summed E-state index contributed by atoms with van der Waals surface area (Å²) in [7, 11) is 0. The minimum Gasteiger partial charge on any atom is -0.466 e. The minimum absolute atomic E-state index is 0.226. The van der Waals surface area contributed by atoms with Crippen molar-refractivity contribution in [1.82, 2.24) is 4.90 Å². The summed E-state index contributed by atoms with van der Waals surface area (Å²) in [4.78, 5) is 27.3. The van der Waals surface area contributed by atoms with Crippen molar-refractivity contribution in [3.63, 3.8) is 0 Å². The molecule has 35 heavy (non-hydrogen) atoms. The molecule has 0 aromatic heterocycles. The fourth-order valence-corrected chi connectivity index (χ4v) is 6.31. The predicted molar refractivity (Wildman–Crippen MR) is 132 cm³/mol. The first-order chi connectivity index (χ1) is 16.9. The van der Waals surface area contributed by atoms with E-state index < -0.39 is 11.3 Å². The van der Waals surface area contributed by atoms with Crippen LogP contribution in [-0.4, -0.2) is 48.1 Å². The molecule has 4 rings (SSSR count). The Bertz CT molecular complexity index is 990. The highest BCUT2D eigenvalue weighted by atomic mass is 19.1. The van der Waals surface area contributed by atoms with Crippen LogP contribution < -0.4 is 0 Å². The number of nitro groups is 1. The third-order valence-corrected chi connectivity index (χ3v) is 8.07. The maximum Gasteiger partial charge on any atom is 0.313 e. The summed E-state index contributed by atoms with van der Waals surface area (Å²) >= 11 is 0. The number of halogens is 1. The first-order valence-corrected chi connectivity index (χ1v) is 12.8. The number of nitrogens with zero attached hydrogens (tertiary/aromatic N) is 2. The van der Waals surface area contributed by atoms with Gasteiger partial charge in [0.05, 0.1) is 17.9 Å². The number of hydrogen-bond acceptors (Lipinski definition) is 5. The summed E-state index contributed by atoms with van der Waals surface area (Å²) in [6, 6.07) is 16.6. The number of piperidine rings is 1. The lowest BCUT2D eigenvalue weighted by molar-refractivity contribution is -0.486. The highest BCUT2D eigenvalue weighted by molar-refractivity contribution is 5.78. The van der Waals surface area contributed by atoms with Gasteiger partial charge in [0.1, 0.15) is 5.82 Å². The first kappa shape index (κ1) is 25.3. The molecule has 1 aliphatic heterocycles. The summed E-state index contributed by atoms with van der Waals surface area (Å²) in [6.07, 6.45) is 5.46. The Balaban J connectivity index is 1.60. The molecule has 1 saturated carbocycles. The van der Waals surface area contributed by atoms with Gasteiger partial charge < -0.3 is 4.74 Å². The molecular weight excluding hydrogens is 447 g/mol. The predicted octanol–water partition coefficient (Wildman–Crippen LogP) is 5.56. The molecule has 0 spiro atoms. The zero-order valence-electron chi connectivity index (χ0n) is 20.4. The van der Waals surface area contributed by atoms with Gasteiger partial charge in [-0.3, -0.25) is 19.8 Å². The maximum absolute atomic E-state index is 13.5. The van der Waals surface area contributed by atoms with Crippen LogP contribution in [0.4, 0.5) is 4.39 Å². The number of carbonyl (C=O) groups excluding carboxylic acids is 1. The number of carbonyl (C=O) groups is 1. The van der Waals surface area contributed by atoms with Crippen molar-refractivity contribution >= 4 is 5.97 Å². The van der Waals surface area contributed by atoms with Gasteiger partial charge in [-0.15, -0.1) is 0 Å². The van der Waals surface area contributed by atoms with Gasteiger partial charge in [-0.1, -0.05) is 55.3 Å². The number of hydrogen-bond donors (Lipinski definition) is 0. The molecule has 6 nitrogen and oxygen atoms in total. The molecule has 2 aromatic rings. The summed E-state index contributed by atoms with van der Waals surface area (Å²) in [6.45, 7) is 3.09. The molecule has 2 aliphatic rings. The minimum atomic E-state index is -0.930. The number of ether oxygens (including phenoxy) is 1. The molecule has 7 heteroatoms. The number of benzene rings is 2. The van der Waals surface area contributed by atoms with Crippen molar-refractivity contribution in [2.75, 3.05) is 26.2 Å². The van der Waals surface area contributed by atoms with E-state index in [1.54, 1.807) is 6.92 Å². The molecule has 3 unspecified atom stereocenters. The van der Waals surface area contributed by atoms with E-state index >= 15 is 0 Å². The van der Waals surface area contributed by atoms with Crippen LogP contribution in [0.5, 0.6) is 0 Å². The van der Waals surface area contributed by atoms with Gasteiger partial charge in [-0.05, 0) is 74.9 Å². The SMILES string of the molecule is CCOC(=O)C1(C(C[N+](=O)[O-])c2ccccc2)CCN(C2CCCCC2c2ccc(F)cc2)CC1. The Morgan fingerprint density at radius 1 is 1.11 bits per heavy atom. The van der Waals surface area contributed by atoms with E-state index in [9.17, 15) is 19.3 Å². The number of esters is 1. The molecule has 1 heterocycles. The highest BCUT2D eigenvalue weighted by Gasteiger charge is 2.52. The lowest BCUT2D eigenvalue weighted by atomic mass is 9.65. The summed E-state index contributed by atoms with van der Waals surface area (Å²) in [5.41, 5.74) is 1.04. The van der Waals surface area contributed by atoms with Crippen LogP contribution in [-0.2, 0) is 9.53 Å². The van der Waals surface area contributed by atoms with E-state index in [2.05, 4.69) is 4.90 Å². The largest absolute Gasteiger partial charge is 0.466 e. The molecule has 0 amide bonds.